The summed E-state index contributed by atoms with van der Waals surface area (Å²) < 4.78 is 23.8. The maximum atomic E-state index is 6.95. The van der Waals surface area contributed by atoms with Gasteiger partial charge in [0.1, 0.15) is 13.2 Å². The average Bonchev–Trinajstić information content (AvgIpc) is 2.08. The van der Waals surface area contributed by atoms with Crippen LogP contribution in [0.5, 0.6) is 0 Å². The molecular weight excluding hydrogens is 152 g/mol. The Kier molecular flexibility index (Phi) is 6.31. The van der Waals surface area contributed by atoms with Gasteiger partial charge in [-0.2, -0.15) is 0 Å². The van der Waals surface area contributed by atoms with Gasteiger partial charge in [-0.25, -0.2) is 0 Å². The summed E-state index contributed by atoms with van der Waals surface area (Å²) in [6, 6.07) is 0.460. The highest BCUT2D eigenvalue weighted by molar-refractivity contribution is 4.99. The molecule has 0 N–H and O–H groups in total. The zero-order valence-corrected chi connectivity index (χ0v) is 7.06. The standard InChI is InChI=1S/C10H14O2/c1-3-7-11-9-5-6-10-12-8-4-2/h3-4H,1-2,7-10H2/i3D,4D. The van der Waals surface area contributed by atoms with E-state index in [4.69, 9.17) is 12.2 Å². The topological polar surface area (TPSA) is 18.5 Å². The molecule has 0 fully saturated rings. The molecule has 0 aromatic carbocycles. The molecule has 0 aliphatic heterocycles. The molecule has 0 rings (SSSR count). The van der Waals surface area contributed by atoms with E-state index in [0.717, 1.165) is 0 Å². The Hall–Kier alpha value is -1.04. The minimum atomic E-state index is 0.207. The Balaban J connectivity index is 3.27. The zero-order chi connectivity index (χ0) is 10.8. The van der Waals surface area contributed by atoms with Crippen molar-refractivity contribution in [3.05, 3.63) is 25.3 Å². The second kappa shape index (κ2) is 9.96. The quantitative estimate of drug-likeness (QED) is 0.339. The molecular formula is C10H14O2. The number of hydrogen-bond acceptors (Lipinski definition) is 2. The molecule has 0 aliphatic carbocycles. The Bertz CT molecular complexity index is 227. The van der Waals surface area contributed by atoms with E-state index in [9.17, 15) is 0 Å². The third-order valence-corrected chi connectivity index (χ3v) is 0.882. The number of hydrogen-bond donors (Lipinski definition) is 0. The van der Waals surface area contributed by atoms with Crippen LogP contribution >= 0.6 is 0 Å². The fourth-order valence-electron chi connectivity index (χ4n) is 0.451. The summed E-state index contributed by atoms with van der Waals surface area (Å²) in [5, 5.41) is 0. The minimum Gasteiger partial charge on any atom is -0.365 e. The van der Waals surface area contributed by atoms with Gasteiger partial charge in [-0.1, -0.05) is 23.9 Å². The van der Waals surface area contributed by atoms with Crippen molar-refractivity contribution in [2.24, 2.45) is 0 Å². The van der Waals surface area contributed by atoms with Gasteiger partial charge >= 0.3 is 0 Å². The van der Waals surface area contributed by atoms with E-state index in [1.807, 2.05) is 0 Å². The predicted octanol–water partition coefficient (Wildman–Crippen LogP) is 1.40. The maximum absolute atomic E-state index is 6.95. The number of rotatable bonds is 6. The third-order valence-electron chi connectivity index (χ3n) is 0.882. The van der Waals surface area contributed by atoms with Crippen molar-refractivity contribution in [3.63, 3.8) is 0 Å². The molecule has 0 aliphatic rings. The van der Waals surface area contributed by atoms with Gasteiger partial charge in [0.2, 0.25) is 0 Å². The lowest BCUT2D eigenvalue weighted by atomic mass is 10.6. The van der Waals surface area contributed by atoms with Gasteiger partial charge in [-0.15, -0.1) is 13.2 Å². The van der Waals surface area contributed by atoms with E-state index < -0.39 is 0 Å². The minimum absolute atomic E-state index is 0.207. The Morgan fingerprint density at radius 1 is 1.08 bits per heavy atom. The molecule has 2 nitrogen and oxygen atoms in total. The fourth-order valence-corrected chi connectivity index (χ4v) is 0.451. The van der Waals surface area contributed by atoms with Crippen LogP contribution in [0.25, 0.3) is 0 Å². The molecule has 12 heavy (non-hydrogen) atoms. The smallest absolute Gasteiger partial charge is 0.108 e. The van der Waals surface area contributed by atoms with E-state index in [0.29, 0.717) is 0 Å². The number of ether oxygens (including phenoxy) is 2. The molecule has 0 aromatic rings. The van der Waals surface area contributed by atoms with Gasteiger partial charge in [0.15, 0.2) is 0 Å². The summed E-state index contributed by atoms with van der Waals surface area (Å²) in [6.07, 6.45) is 0. The van der Waals surface area contributed by atoms with Gasteiger partial charge in [-0.3, -0.25) is 0 Å². The molecule has 0 aromatic heterocycles. The monoisotopic (exact) mass is 168 g/mol. The Morgan fingerprint density at radius 2 is 1.50 bits per heavy atom. The van der Waals surface area contributed by atoms with Crippen molar-refractivity contribution in [3.8, 4) is 11.8 Å². The van der Waals surface area contributed by atoms with Crippen LogP contribution in [0.4, 0.5) is 0 Å². The second-order valence-electron chi connectivity index (χ2n) is 1.84. The first-order valence-electron chi connectivity index (χ1n) is 4.53. The highest BCUT2D eigenvalue weighted by Gasteiger charge is 1.77. The van der Waals surface area contributed by atoms with Crippen molar-refractivity contribution in [2.45, 2.75) is 0 Å². The molecule has 0 heterocycles. The lowest BCUT2D eigenvalue weighted by Crippen LogP contribution is -1.93. The van der Waals surface area contributed by atoms with Gasteiger partial charge in [-0.05, 0) is 0 Å². The molecule has 0 radical (unpaired) electrons. The van der Waals surface area contributed by atoms with Crippen LogP contribution in [-0.4, -0.2) is 26.4 Å². The van der Waals surface area contributed by atoms with Gasteiger partial charge in [0.25, 0.3) is 0 Å². The van der Waals surface area contributed by atoms with E-state index in [2.05, 4.69) is 25.0 Å². The SMILES string of the molecule is [2H]C(=C)COCC#CCOCC([2H])=C. The predicted molar refractivity (Wildman–Crippen MR) is 49.8 cm³/mol. The second-order valence-corrected chi connectivity index (χ2v) is 1.84. The van der Waals surface area contributed by atoms with E-state index in [1.54, 1.807) is 0 Å². The summed E-state index contributed by atoms with van der Waals surface area (Å²) in [7, 11) is 0. The highest BCUT2D eigenvalue weighted by Crippen LogP contribution is 1.74. The first-order valence-corrected chi connectivity index (χ1v) is 3.53. The summed E-state index contributed by atoms with van der Waals surface area (Å²) in [6.45, 7) is 7.67. The van der Waals surface area contributed by atoms with Crippen molar-refractivity contribution in [1.82, 2.24) is 0 Å². The Labute approximate surface area is 76.7 Å². The van der Waals surface area contributed by atoms with Crippen molar-refractivity contribution in [1.29, 1.82) is 0 Å². The maximum Gasteiger partial charge on any atom is 0.108 e. The lowest BCUT2D eigenvalue weighted by molar-refractivity contribution is 0.193. The van der Waals surface area contributed by atoms with Crippen LogP contribution in [-0.2, 0) is 9.47 Å². The lowest BCUT2D eigenvalue weighted by Gasteiger charge is -1.92. The summed E-state index contributed by atoms with van der Waals surface area (Å²) in [5.74, 6) is 5.40. The van der Waals surface area contributed by atoms with Crippen LogP contribution in [0.3, 0.4) is 0 Å². The fraction of sp³-hybridized carbons (Fsp3) is 0.400. The first kappa shape index (κ1) is 7.60. The zero-order valence-electron chi connectivity index (χ0n) is 9.06. The van der Waals surface area contributed by atoms with Crippen LogP contribution in [0.15, 0.2) is 25.3 Å². The molecule has 0 saturated carbocycles. The molecule has 0 atom stereocenters. The van der Waals surface area contributed by atoms with E-state index in [-0.39, 0.29) is 38.5 Å². The molecule has 0 saturated heterocycles. The van der Waals surface area contributed by atoms with Crippen molar-refractivity contribution in [2.75, 3.05) is 26.4 Å². The largest absolute Gasteiger partial charge is 0.365 e. The van der Waals surface area contributed by atoms with Crippen LogP contribution in [0.2, 0.25) is 0 Å². The van der Waals surface area contributed by atoms with Crippen LogP contribution in [0.1, 0.15) is 2.74 Å². The van der Waals surface area contributed by atoms with Gasteiger partial charge in [0, 0.05) is 0 Å². The average molecular weight is 168 g/mol. The molecule has 0 amide bonds. The summed E-state index contributed by atoms with van der Waals surface area (Å²) in [5.41, 5.74) is 0. The highest BCUT2D eigenvalue weighted by atomic mass is 16.5. The van der Waals surface area contributed by atoms with Gasteiger partial charge in [0.05, 0.1) is 16.0 Å². The normalized spacial score (nSPS) is 10.7. The molecule has 0 spiro atoms. The Morgan fingerprint density at radius 3 is 1.83 bits per heavy atom. The van der Waals surface area contributed by atoms with E-state index >= 15 is 0 Å². The summed E-state index contributed by atoms with van der Waals surface area (Å²) in [4.78, 5) is 0. The molecule has 0 unspecified atom stereocenters. The van der Waals surface area contributed by atoms with Crippen LogP contribution < -0.4 is 0 Å². The van der Waals surface area contributed by atoms with Gasteiger partial charge < -0.3 is 9.47 Å². The summed E-state index contributed by atoms with van der Waals surface area (Å²) >= 11 is 0. The molecule has 2 heteroatoms. The van der Waals surface area contributed by atoms with Crippen molar-refractivity contribution < 1.29 is 12.2 Å². The third kappa shape index (κ3) is 8.96. The molecule has 0 bridgehead atoms. The first-order chi connectivity index (χ1) is 6.63. The van der Waals surface area contributed by atoms with Crippen LogP contribution in [0, 0.1) is 11.8 Å². The van der Waals surface area contributed by atoms with E-state index in [1.165, 1.54) is 0 Å². The molecule has 66 valence electrons. The van der Waals surface area contributed by atoms with Crippen molar-refractivity contribution >= 4 is 0 Å².